The molecule has 0 fully saturated rings. The summed E-state index contributed by atoms with van der Waals surface area (Å²) in [6, 6.07) is 18.5. The van der Waals surface area contributed by atoms with Gasteiger partial charge < -0.3 is 10.1 Å². The lowest BCUT2D eigenvalue weighted by molar-refractivity contribution is -0.119. The summed E-state index contributed by atoms with van der Waals surface area (Å²) in [5, 5.41) is 18.7. The molecule has 0 saturated heterocycles. The van der Waals surface area contributed by atoms with Gasteiger partial charge in [0.25, 0.3) is 5.91 Å². The topological polar surface area (TPSA) is 99.7 Å². The molecule has 0 radical (unpaired) electrons. The fourth-order valence-electron chi connectivity index (χ4n) is 3.87. The quantitative estimate of drug-likeness (QED) is 0.557. The van der Waals surface area contributed by atoms with Crippen molar-refractivity contribution in [1.29, 1.82) is 5.26 Å². The van der Waals surface area contributed by atoms with E-state index < -0.39 is 18.5 Å². The van der Waals surface area contributed by atoms with Gasteiger partial charge >= 0.3 is 5.97 Å². The number of rotatable bonds is 6. The van der Waals surface area contributed by atoms with E-state index in [1.807, 2.05) is 60.7 Å². The maximum Gasteiger partial charge on any atom is 0.338 e. The highest BCUT2D eigenvalue weighted by Crippen LogP contribution is 2.30. The number of carbonyl (C=O) groups is 2. The van der Waals surface area contributed by atoms with Crippen LogP contribution in [0.3, 0.4) is 0 Å². The molecular formula is C26H25N5O3. The second-order valence-electron chi connectivity index (χ2n) is 8.10. The molecule has 2 aromatic carbocycles. The van der Waals surface area contributed by atoms with E-state index in [2.05, 4.69) is 16.5 Å². The van der Waals surface area contributed by atoms with Gasteiger partial charge in [0.15, 0.2) is 6.61 Å². The van der Waals surface area contributed by atoms with Crippen LogP contribution in [-0.4, -0.2) is 35.3 Å². The molecule has 1 amide bonds. The van der Waals surface area contributed by atoms with Crippen molar-refractivity contribution in [3.63, 3.8) is 0 Å². The van der Waals surface area contributed by atoms with Gasteiger partial charge in [-0.15, -0.1) is 0 Å². The molecule has 1 aliphatic rings. The summed E-state index contributed by atoms with van der Waals surface area (Å²) >= 11 is 0. The number of esters is 1. The van der Waals surface area contributed by atoms with E-state index in [0.29, 0.717) is 16.9 Å². The molecule has 8 heteroatoms. The number of para-hydroxylation sites is 1. The predicted octanol–water partition coefficient (Wildman–Crippen LogP) is 4.35. The Morgan fingerprint density at radius 2 is 1.76 bits per heavy atom. The van der Waals surface area contributed by atoms with Crippen LogP contribution in [0.15, 0.2) is 59.7 Å². The summed E-state index contributed by atoms with van der Waals surface area (Å²) in [5.74, 6) is -0.775. The van der Waals surface area contributed by atoms with E-state index in [-0.39, 0.29) is 0 Å². The van der Waals surface area contributed by atoms with Crippen LogP contribution in [0.25, 0.3) is 5.69 Å². The first-order valence-corrected chi connectivity index (χ1v) is 10.9. The zero-order valence-electron chi connectivity index (χ0n) is 19.3. The zero-order valence-corrected chi connectivity index (χ0v) is 19.3. The van der Waals surface area contributed by atoms with Gasteiger partial charge in [-0.25, -0.2) is 4.79 Å². The average molecular weight is 456 g/mol. The number of benzene rings is 2. The maximum atomic E-state index is 12.6. The Balaban J connectivity index is 1.44. The summed E-state index contributed by atoms with van der Waals surface area (Å²) in [5.41, 5.74) is 5.10. The van der Waals surface area contributed by atoms with Gasteiger partial charge in [-0.1, -0.05) is 18.2 Å². The second-order valence-corrected chi connectivity index (χ2v) is 8.10. The molecule has 3 aromatic rings. The van der Waals surface area contributed by atoms with Crippen molar-refractivity contribution >= 4 is 29.1 Å². The summed E-state index contributed by atoms with van der Waals surface area (Å²) in [6.07, 6.45) is 0.916. The summed E-state index contributed by atoms with van der Waals surface area (Å²) in [7, 11) is 0. The summed E-state index contributed by atoms with van der Waals surface area (Å²) < 4.78 is 7.03. The maximum absolute atomic E-state index is 12.6. The van der Waals surface area contributed by atoms with Crippen LogP contribution in [0.5, 0.6) is 0 Å². The predicted molar refractivity (Wildman–Crippen MR) is 130 cm³/mol. The molecule has 0 unspecified atom stereocenters. The smallest absolute Gasteiger partial charge is 0.338 e. The third kappa shape index (κ3) is 4.55. The van der Waals surface area contributed by atoms with E-state index in [9.17, 15) is 14.9 Å². The first-order chi connectivity index (χ1) is 16.4. The number of nitriles is 1. The van der Waals surface area contributed by atoms with Crippen molar-refractivity contribution < 1.29 is 14.3 Å². The fourth-order valence-corrected chi connectivity index (χ4v) is 3.87. The highest BCUT2D eigenvalue weighted by Gasteiger charge is 2.21. The minimum absolute atomic E-state index is 0.341. The largest absolute Gasteiger partial charge is 0.452 e. The minimum atomic E-state index is -0.603. The third-order valence-corrected chi connectivity index (χ3v) is 5.81. The summed E-state index contributed by atoms with van der Waals surface area (Å²) in [4.78, 5) is 25.1. The Bertz CT molecular complexity index is 1300. The van der Waals surface area contributed by atoms with Crippen molar-refractivity contribution in [1.82, 2.24) is 4.57 Å². The standard InChI is InChI=1S/C26H25N5O3/c1-17-13-14-30(29-17)21-11-9-20(10-12-21)26(33)34-16-24(32)28-25-23(15-27)18(2)19(3)31(25)22-7-5-4-6-8-22/h4-12H,13-14,16H2,1-3H3,(H,28,32). The number of nitrogens with one attached hydrogen (secondary N) is 1. The van der Waals surface area contributed by atoms with Crippen molar-refractivity contribution in [3.8, 4) is 11.8 Å². The fraction of sp³-hybridized carbons (Fsp3) is 0.231. The van der Waals surface area contributed by atoms with Crippen LogP contribution >= 0.6 is 0 Å². The number of hydrazone groups is 1. The molecule has 8 nitrogen and oxygen atoms in total. The van der Waals surface area contributed by atoms with E-state index in [1.54, 1.807) is 24.3 Å². The first kappa shape index (κ1) is 22.8. The Morgan fingerprint density at radius 3 is 2.38 bits per heavy atom. The zero-order chi connectivity index (χ0) is 24.2. The number of amides is 1. The molecule has 0 aliphatic carbocycles. The van der Waals surface area contributed by atoms with Crippen molar-refractivity contribution in [2.75, 3.05) is 23.5 Å². The number of anilines is 2. The van der Waals surface area contributed by atoms with Crippen molar-refractivity contribution in [2.45, 2.75) is 27.2 Å². The molecular weight excluding hydrogens is 430 g/mol. The molecule has 0 bridgehead atoms. The minimum Gasteiger partial charge on any atom is -0.452 e. The second kappa shape index (κ2) is 9.63. The third-order valence-electron chi connectivity index (χ3n) is 5.81. The lowest BCUT2D eigenvalue weighted by atomic mass is 10.2. The number of hydrogen-bond donors (Lipinski definition) is 1. The van der Waals surface area contributed by atoms with Crippen LogP contribution < -0.4 is 10.3 Å². The van der Waals surface area contributed by atoms with E-state index in [1.165, 1.54) is 0 Å². The monoisotopic (exact) mass is 455 g/mol. The van der Waals surface area contributed by atoms with Crippen LogP contribution in [0.2, 0.25) is 0 Å². The SMILES string of the molecule is CC1=NN(c2ccc(C(=O)OCC(=O)Nc3c(C#N)c(C)c(C)n3-c3ccccc3)cc2)CC1. The molecule has 1 aromatic heterocycles. The number of hydrogen-bond acceptors (Lipinski definition) is 6. The van der Waals surface area contributed by atoms with Gasteiger partial charge in [-0.05, 0) is 62.7 Å². The Hall–Kier alpha value is -4.38. The highest BCUT2D eigenvalue weighted by atomic mass is 16.5. The summed E-state index contributed by atoms with van der Waals surface area (Å²) in [6.45, 7) is 6.04. The highest BCUT2D eigenvalue weighted by molar-refractivity contribution is 5.96. The number of aromatic nitrogens is 1. The lowest BCUT2D eigenvalue weighted by Gasteiger charge is -2.14. The van der Waals surface area contributed by atoms with Gasteiger partial charge in [0.1, 0.15) is 11.9 Å². The van der Waals surface area contributed by atoms with Gasteiger partial charge in [-0.2, -0.15) is 10.4 Å². The Labute approximate surface area is 198 Å². The normalized spacial score (nSPS) is 12.8. The van der Waals surface area contributed by atoms with Gasteiger partial charge in [0.2, 0.25) is 0 Å². The van der Waals surface area contributed by atoms with Crippen LogP contribution in [0, 0.1) is 25.2 Å². The van der Waals surface area contributed by atoms with Crippen molar-refractivity contribution in [3.05, 3.63) is 77.0 Å². The molecule has 4 rings (SSSR count). The van der Waals surface area contributed by atoms with E-state index in [0.717, 1.165) is 41.3 Å². The molecule has 1 N–H and O–H groups in total. The van der Waals surface area contributed by atoms with Gasteiger partial charge in [0.05, 0.1) is 16.8 Å². The number of carbonyl (C=O) groups excluding carboxylic acids is 2. The van der Waals surface area contributed by atoms with Crippen LogP contribution in [0.4, 0.5) is 11.5 Å². The Kier molecular flexibility index (Phi) is 6.46. The molecule has 0 atom stereocenters. The first-order valence-electron chi connectivity index (χ1n) is 10.9. The van der Waals surface area contributed by atoms with Gasteiger partial charge in [-0.3, -0.25) is 14.4 Å². The van der Waals surface area contributed by atoms with Gasteiger partial charge in [0, 0.05) is 30.1 Å². The molecule has 34 heavy (non-hydrogen) atoms. The number of ether oxygens (including phenoxy) is 1. The van der Waals surface area contributed by atoms with E-state index >= 15 is 0 Å². The molecule has 2 heterocycles. The average Bonchev–Trinajstić information content (AvgIpc) is 3.38. The molecule has 0 saturated carbocycles. The molecule has 0 spiro atoms. The van der Waals surface area contributed by atoms with Crippen LogP contribution in [0.1, 0.15) is 40.5 Å². The number of nitrogens with zero attached hydrogens (tertiary/aromatic N) is 4. The van der Waals surface area contributed by atoms with E-state index in [4.69, 9.17) is 4.74 Å². The lowest BCUT2D eigenvalue weighted by Crippen LogP contribution is -2.23. The Morgan fingerprint density at radius 1 is 1.06 bits per heavy atom. The van der Waals surface area contributed by atoms with Crippen molar-refractivity contribution in [2.24, 2.45) is 5.10 Å². The molecule has 1 aliphatic heterocycles. The molecule has 172 valence electrons. The van der Waals surface area contributed by atoms with Crippen LogP contribution in [-0.2, 0) is 9.53 Å².